The van der Waals surface area contributed by atoms with Crippen LogP contribution in [0, 0.1) is 17.6 Å². The van der Waals surface area contributed by atoms with Crippen LogP contribution in [0.25, 0.3) is 0 Å². The van der Waals surface area contributed by atoms with Crippen LogP contribution in [0.2, 0.25) is 0 Å². The van der Waals surface area contributed by atoms with Crippen molar-refractivity contribution in [2.75, 3.05) is 13.1 Å². The number of hydrogen-bond donors (Lipinski definition) is 1. The van der Waals surface area contributed by atoms with Crippen LogP contribution in [0.5, 0.6) is 0 Å². The normalized spacial score (nSPS) is 17.2. The summed E-state index contributed by atoms with van der Waals surface area (Å²) in [6, 6.07) is 4.12. The molecule has 2 N–H and O–H groups in total. The van der Waals surface area contributed by atoms with Crippen molar-refractivity contribution >= 4 is 0 Å². The first-order chi connectivity index (χ1) is 9.02. The Labute approximate surface area is 113 Å². The Morgan fingerprint density at radius 1 is 1.32 bits per heavy atom. The summed E-state index contributed by atoms with van der Waals surface area (Å²) >= 11 is 0. The maximum Gasteiger partial charge on any atom is 0.130 e. The molecule has 1 aliphatic carbocycles. The lowest BCUT2D eigenvalue weighted by molar-refractivity contribution is 0.166. The van der Waals surface area contributed by atoms with E-state index in [-0.39, 0.29) is 6.04 Å². The monoisotopic (exact) mass is 268 g/mol. The zero-order chi connectivity index (χ0) is 14.0. The second-order valence-corrected chi connectivity index (χ2v) is 5.74. The van der Waals surface area contributed by atoms with Crippen molar-refractivity contribution in [3.63, 3.8) is 0 Å². The summed E-state index contributed by atoms with van der Waals surface area (Å²) < 4.78 is 27.0. The summed E-state index contributed by atoms with van der Waals surface area (Å²) in [4.78, 5) is 2.28. The highest BCUT2D eigenvalue weighted by molar-refractivity contribution is 5.23. The van der Waals surface area contributed by atoms with Crippen LogP contribution in [0.3, 0.4) is 0 Å². The van der Waals surface area contributed by atoms with Gasteiger partial charge in [0.2, 0.25) is 0 Å². The van der Waals surface area contributed by atoms with Crippen LogP contribution in [0.1, 0.15) is 38.3 Å². The lowest BCUT2D eigenvalue weighted by Crippen LogP contribution is -2.38. The number of hydrogen-bond acceptors (Lipinski definition) is 2. The zero-order valence-electron chi connectivity index (χ0n) is 11.6. The van der Waals surface area contributed by atoms with Crippen LogP contribution in [0.4, 0.5) is 8.78 Å². The molecular weight excluding hydrogens is 246 g/mol. The van der Waals surface area contributed by atoms with Gasteiger partial charge >= 0.3 is 0 Å². The number of benzene rings is 1. The van der Waals surface area contributed by atoms with Crippen molar-refractivity contribution in [1.29, 1.82) is 0 Å². The second kappa shape index (κ2) is 5.97. The first-order valence-corrected chi connectivity index (χ1v) is 6.93. The van der Waals surface area contributed by atoms with Gasteiger partial charge in [-0.15, -0.1) is 0 Å². The van der Waals surface area contributed by atoms with E-state index in [4.69, 9.17) is 5.73 Å². The molecule has 0 aromatic heterocycles. The predicted molar refractivity (Wildman–Crippen MR) is 72.7 cm³/mol. The van der Waals surface area contributed by atoms with E-state index in [1.165, 1.54) is 12.1 Å². The average Bonchev–Trinajstić information content (AvgIpc) is 3.14. The Bertz CT molecular complexity index is 430. The van der Waals surface area contributed by atoms with Crippen molar-refractivity contribution in [1.82, 2.24) is 4.90 Å². The molecular formula is C15H22F2N2. The number of nitrogens with two attached hydrogens (primary N) is 1. The highest BCUT2D eigenvalue weighted by Gasteiger charge is 2.35. The molecule has 106 valence electrons. The Morgan fingerprint density at radius 3 is 2.47 bits per heavy atom. The van der Waals surface area contributed by atoms with Gasteiger partial charge in [-0.3, -0.25) is 4.90 Å². The van der Waals surface area contributed by atoms with Gasteiger partial charge in [0.15, 0.2) is 0 Å². The van der Waals surface area contributed by atoms with Crippen LogP contribution >= 0.6 is 0 Å². The van der Waals surface area contributed by atoms with Gasteiger partial charge in [0.25, 0.3) is 0 Å². The molecule has 1 unspecified atom stereocenters. The molecule has 0 amide bonds. The van der Waals surface area contributed by atoms with Crippen LogP contribution in [-0.4, -0.2) is 24.0 Å². The Hall–Kier alpha value is -1.00. The van der Waals surface area contributed by atoms with Gasteiger partial charge < -0.3 is 5.73 Å². The Morgan fingerprint density at radius 2 is 2.00 bits per heavy atom. The van der Waals surface area contributed by atoms with E-state index >= 15 is 0 Å². The van der Waals surface area contributed by atoms with Crippen molar-refractivity contribution in [2.45, 2.75) is 38.8 Å². The Balaban J connectivity index is 2.25. The van der Waals surface area contributed by atoms with Crippen LogP contribution < -0.4 is 5.73 Å². The first kappa shape index (κ1) is 14.4. The number of nitrogens with zero attached hydrogens (tertiary/aromatic N) is 1. The maximum atomic E-state index is 13.9. The summed E-state index contributed by atoms with van der Waals surface area (Å²) in [5, 5.41) is 0. The fraction of sp³-hybridized carbons (Fsp3) is 0.600. The minimum Gasteiger partial charge on any atom is -0.329 e. The van der Waals surface area contributed by atoms with E-state index in [2.05, 4.69) is 18.7 Å². The van der Waals surface area contributed by atoms with Crippen molar-refractivity contribution in [2.24, 2.45) is 11.7 Å². The Kier molecular flexibility index (Phi) is 4.53. The zero-order valence-corrected chi connectivity index (χ0v) is 11.6. The molecule has 0 heterocycles. The molecule has 1 atom stereocenters. The topological polar surface area (TPSA) is 29.3 Å². The van der Waals surface area contributed by atoms with Gasteiger partial charge in [0.1, 0.15) is 11.6 Å². The van der Waals surface area contributed by atoms with E-state index in [9.17, 15) is 8.78 Å². The van der Waals surface area contributed by atoms with Crippen molar-refractivity contribution in [3.05, 3.63) is 35.4 Å². The fourth-order valence-electron chi connectivity index (χ4n) is 2.57. The van der Waals surface area contributed by atoms with Gasteiger partial charge in [-0.2, -0.15) is 0 Å². The molecule has 1 saturated carbocycles. The molecule has 2 rings (SSSR count). The molecule has 2 nitrogen and oxygen atoms in total. The second-order valence-electron chi connectivity index (χ2n) is 5.74. The third-order valence-electron chi connectivity index (χ3n) is 3.54. The molecule has 1 aromatic carbocycles. The van der Waals surface area contributed by atoms with E-state index in [1.54, 1.807) is 0 Å². The van der Waals surface area contributed by atoms with Crippen molar-refractivity contribution in [3.8, 4) is 0 Å². The first-order valence-electron chi connectivity index (χ1n) is 6.93. The van der Waals surface area contributed by atoms with E-state index in [0.717, 1.165) is 25.5 Å². The summed E-state index contributed by atoms with van der Waals surface area (Å²) in [5.41, 5.74) is 6.36. The van der Waals surface area contributed by atoms with Crippen LogP contribution in [-0.2, 0) is 0 Å². The smallest absolute Gasteiger partial charge is 0.130 e. The number of rotatable bonds is 6. The third-order valence-corrected chi connectivity index (χ3v) is 3.54. The average molecular weight is 268 g/mol. The van der Waals surface area contributed by atoms with E-state index in [0.29, 0.717) is 24.1 Å². The number of halogens is 2. The molecule has 19 heavy (non-hydrogen) atoms. The highest BCUT2D eigenvalue weighted by Crippen LogP contribution is 2.35. The molecule has 0 radical (unpaired) electrons. The van der Waals surface area contributed by atoms with Gasteiger partial charge in [0, 0.05) is 30.8 Å². The van der Waals surface area contributed by atoms with Crippen LogP contribution in [0.15, 0.2) is 18.2 Å². The maximum absolute atomic E-state index is 13.9. The lowest BCUT2D eigenvalue weighted by atomic mass is 10.0. The standard InChI is InChI=1S/C15H22F2N2/c1-10(2)9-19(12-4-5-12)15(8-18)13-6-3-11(16)7-14(13)17/h3,6-7,10,12,15H,4-5,8-9,18H2,1-2H3. The molecule has 0 saturated heterocycles. The molecule has 0 bridgehead atoms. The molecule has 1 aromatic rings. The minimum atomic E-state index is -0.543. The summed E-state index contributed by atoms with van der Waals surface area (Å²) in [6.07, 6.45) is 2.29. The SMILES string of the molecule is CC(C)CN(C1CC1)C(CN)c1ccc(F)cc1F. The third kappa shape index (κ3) is 3.51. The summed E-state index contributed by atoms with van der Waals surface area (Å²) in [7, 11) is 0. The minimum absolute atomic E-state index is 0.157. The molecule has 1 fully saturated rings. The summed E-state index contributed by atoms with van der Waals surface area (Å²) in [5.74, 6) is -0.540. The fourth-order valence-corrected chi connectivity index (χ4v) is 2.57. The predicted octanol–water partition coefficient (Wildman–Crippen LogP) is 3.09. The lowest BCUT2D eigenvalue weighted by Gasteiger charge is -2.33. The van der Waals surface area contributed by atoms with E-state index in [1.807, 2.05) is 0 Å². The largest absolute Gasteiger partial charge is 0.329 e. The van der Waals surface area contributed by atoms with Gasteiger partial charge in [-0.1, -0.05) is 19.9 Å². The van der Waals surface area contributed by atoms with Gasteiger partial charge in [-0.05, 0) is 24.8 Å². The molecule has 1 aliphatic rings. The summed E-state index contributed by atoms with van der Waals surface area (Å²) in [6.45, 7) is 5.53. The van der Waals surface area contributed by atoms with E-state index < -0.39 is 11.6 Å². The van der Waals surface area contributed by atoms with Gasteiger partial charge in [-0.25, -0.2) is 8.78 Å². The van der Waals surface area contributed by atoms with Crippen molar-refractivity contribution < 1.29 is 8.78 Å². The molecule has 0 aliphatic heterocycles. The quantitative estimate of drug-likeness (QED) is 0.859. The van der Waals surface area contributed by atoms with Gasteiger partial charge in [0.05, 0.1) is 6.04 Å². The highest BCUT2D eigenvalue weighted by atomic mass is 19.1. The molecule has 0 spiro atoms. The molecule has 4 heteroatoms.